The van der Waals surface area contributed by atoms with E-state index in [9.17, 15) is 13.2 Å². The average molecular weight is 375 g/mol. The van der Waals surface area contributed by atoms with Crippen LogP contribution in [0.25, 0.3) is 5.65 Å². The lowest BCUT2D eigenvalue weighted by Gasteiger charge is -2.35. The summed E-state index contributed by atoms with van der Waals surface area (Å²) in [6.07, 6.45) is 0.559. The molecule has 142 valence electrons. The summed E-state index contributed by atoms with van der Waals surface area (Å²) < 4.78 is 40.3. The first kappa shape index (κ1) is 17.8. The minimum absolute atomic E-state index is 0.252. The summed E-state index contributed by atoms with van der Waals surface area (Å²) in [5.74, 6) is 0.510. The number of fused-ring (bicyclic) bond motifs is 1. The van der Waals surface area contributed by atoms with Crippen molar-refractivity contribution in [1.82, 2.24) is 19.3 Å². The van der Waals surface area contributed by atoms with Crippen molar-refractivity contribution >= 4 is 11.5 Å². The summed E-state index contributed by atoms with van der Waals surface area (Å²) in [5, 5.41) is 0. The van der Waals surface area contributed by atoms with E-state index < -0.39 is 11.9 Å². The van der Waals surface area contributed by atoms with Crippen LogP contribution in [-0.4, -0.2) is 52.0 Å². The van der Waals surface area contributed by atoms with E-state index in [4.69, 9.17) is 0 Å². The highest BCUT2D eigenvalue weighted by Crippen LogP contribution is 2.30. The molecule has 8 heteroatoms. The van der Waals surface area contributed by atoms with Crippen LogP contribution in [0, 0.1) is 0 Å². The molecule has 0 aliphatic carbocycles. The van der Waals surface area contributed by atoms with Crippen molar-refractivity contribution in [2.45, 2.75) is 12.6 Å². The van der Waals surface area contributed by atoms with Crippen LogP contribution in [0.4, 0.5) is 19.0 Å². The molecule has 3 heterocycles. The molecule has 0 radical (unpaired) electrons. The fourth-order valence-electron chi connectivity index (χ4n) is 3.38. The number of anilines is 1. The maximum Gasteiger partial charge on any atom is 0.434 e. The average Bonchev–Trinajstić information content (AvgIpc) is 3.13. The third-order valence-electron chi connectivity index (χ3n) is 4.88. The van der Waals surface area contributed by atoms with Gasteiger partial charge in [-0.2, -0.15) is 13.2 Å². The second-order valence-corrected chi connectivity index (χ2v) is 6.67. The largest absolute Gasteiger partial charge is 0.434 e. The predicted octanol–water partition coefficient (Wildman–Crippen LogP) is 3.11. The smallest absolute Gasteiger partial charge is 0.351 e. The van der Waals surface area contributed by atoms with E-state index >= 15 is 0 Å². The van der Waals surface area contributed by atoms with Gasteiger partial charge in [-0.15, -0.1) is 0 Å². The Bertz CT molecular complexity index is 899. The minimum Gasteiger partial charge on any atom is -0.351 e. The molecule has 0 saturated carbocycles. The zero-order chi connectivity index (χ0) is 18.9. The van der Waals surface area contributed by atoms with Crippen LogP contribution in [0.5, 0.6) is 0 Å². The number of halogens is 3. The third-order valence-corrected chi connectivity index (χ3v) is 4.88. The molecular formula is C19H20F3N5. The van der Waals surface area contributed by atoms with Gasteiger partial charge in [0.05, 0.1) is 0 Å². The molecular weight excluding hydrogens is 355 g/mol. The monoisotopic (exact) mass is 375 g/mol. The summed E-state index contributed by atoms with van der Waals surface area (Å²) in [6, 6.07) is 10.3. The quantitative estimate of drug-likeness (QED) is 0.702. The molecule has 0 spiro atoms. The Hall–Kier alpha value is -2.61. The molecule has 0 amide bonds. The van der Waals surface area contributed by atoms with E-state index in [0.29, 0.717) is 5.82 Å². The van der Waals surface area contributed by atoms with E-state index in [1.807, 2.05) is 23.1 Å². The molecule has 2 aromatic heterocycles. The Kier molecular flexibility index (Phi) is 4.73. The van der Waals surface area contributed by atoms with Crippen LogP contribution in [0.1, 0.15) is 11.3 Å². The fraction of sp³-hybridized carbons (Fsp3) is 0.368. The van der Waals surface area contributed by atoms with Crippen LogP contribution in [0.15, 0.2) is 48.9 Å². The number of hydrogen-bond acceptors (Lipinski definition) is 4. The van der Waals surface area contributed by atoms with Gasteiger partial charge in [0, 0.05) is 51.3 Å². The standard InChI is InChI=1S/C19H20F3N5/c20-19(21,22)16-14-27-9-7-23-17(18(27)24-16)26-12-10-25(11-13-26)8-6-15-4-2-1-3-5-15/h1-5,7,9,14H,6,8,10-13H2. The van der Waals surface area contributed by atoms with Gasteiger partial charge >= 0.3 is 6.18 Å². The Balaban J connectivity index is 1.43. The first-order valence-electron chi connectivity index (χ1n) is 8.93. The summed E-state index contributed by atoms with van der Waals surface area (Å²) in [5.41, 5.74) is 0.671. The van der Waals surface area contributed by atoms with Crippen LogP contribution in [-0.2, 0) is 12.6 Å². The van der Waals surface area contributed by atoms with Gasteiger partial charge in [0.1, 0.15) is 0 Å². The van der Waals surface area contributed by atoms with Gasteiger partial charge in [0.15, 0.2) is 17.2 Å². The molecule has 27 heavy (non-hydrogen) atoms. The van der Waals surface area contributed by atoms with E-state index in [2.05, 4.69) is 27.0 Å². The van der Waals surface area contributed by atoms with Crippen molar-refractivity contribution in [1.29, 1.82) is 0 Å². The number of rotatable bonds is 4. The number of hydrogen-bond donors (Lipinski definition) is 0. The minimum atomic E-state index is -4.46. The summed E-state index contributed by atoms with van der Waals surface area (Å²) >= 11 is 0. The van der Waals surface area contributed by atoms with E-state index in [1.165, 1.54) is 22.4 Å². The molecule has 0 bridgehead atoms. The van der Waals surface area contributed by atoms with Crippen LogP contribution < -0.4 is 4.90 Å². The Labute approximate surface area is 155 Å². The topological polar surface area (TPSA) is 36.7 Å². The molecule has 1 fully saturated rings. The highest BCUT2D eigenvalue weighted by atomic mass is 19.4. The molecule has 4 rings (SSSR count). The van der Waals surface area contributed by atoms with Crippen molar-refractivity contribution < 1.29 is 13.2 Å². The van der Waals surface area contributed by atoms with Crippen molar-refractivity contribution in [3.8, 4) is 0 Å². The van der Waals surface area contributed by atoms with Gasteiger partial charge in [-0.3, -0.25) is 4.90 Å². The summed E-state index contributed by atoms with van der Waals surface area (Å²) in [4.78, 5) is 12.5. The summed E-state index contributed by atoms with van der Waals surface area (Å²) in [7, 11) is 0. The summed E-state index contributed by atoms with van der Waals surface area (Å²) in [6.45, 7) is 4.10. The molecule has 1 aliphatic rings. The normalized spacial score (nSPS) is 16.2. The van der Waals surface area contributed by atoms with Crippen molar-refractivity contribution in [2.24, 2.45) is 0 Å². The molecule has 0 N–H and O–H groups in total. The number of piperazine rings is 1. The first-order chi connectivity index (χ1) is 13.0. The van der Waals surface area contributed by atoms with Crippen LogP contribution >= 0.6 is 0 Å². The lowest BCUT2D eigenvalue weighted by molar-refractivity contribution is -0.140. The lowest BCUT2D eigenvalue weighted by atomic mass is 10.1. The van der Waals surface area contributed by atoms with Crippen molar-refractivity contribution in [2.75, 3.05) is 37.6 Å². The molecule has 1 saturated heterocycles. The highest BCUT2D eigenvalue weighted by Gasteiger charge is 2.34. The van der Waals surface area contributed by atoms with Gasteiger partial charge in [0.2, 0.25) is 0 Å². The lowest BCUT2D eigenvalue weighted by Crippen LogP contribution is -2.47. The van der Waals surface area contributed by atoms with E-state index in [-0.39, 0.29) is 5.65 Å². The second-order valence-electron chi connectivity index (χ2n) is 6.67. The SMILES string of the molecule is FC(F)(F)c1cn2ccnc(N3CCN(CCc4ccccc4)CC3)c2n1. The molecule has 0 atom stereocenters. The Morgan fingerprint density at radius 3 is 2.44 bits per heavy atom. The second kappa shape index (κ2) is 7.19. The predicted molar refractivity (Wildman–Crippen MR) is 96.8 cm³/mol. The fourth-order valence-corrected chi connectivity index (χ4v) is 3.38. The van der Waals surface area contributed by atoms with E-state index in [0.717, 1.165) is 45.3 Å². The molecule has 5 nitrogen and oxygen atoms in total. The van der Waals surface area contributed by atoms with Crippen molar-refractivity contribution in [3.05, 3.63) is 60.2 Å². The molecule has 1 aromatic carbocycles. The molecule has 3 aromatic rings. The number of alkyl halides is 3. The Morgan fingerprint density at radius 1 is 1.00 bits per heavy atom. The van der Waals surface area contributed by atoms with Gasteiger partial charge in [-0.25, -0.2) is 9.97 Å². The first-order valence-corrected chi connectivity index (χ1v) is 8.93. The maximum absolute atomic E-state index is 13.0. The highest BCUT2D eigenvalue weighted by molar-refractivity contribution is 5.64. The van der Waals surface area contributed by atoms with Gasteiger partial charge in [0.25, 0.3) is 0 Å². The van der Waals surface area contributed by atoms with Gasteiger partial charge < -0.3 is 9.30 Å². The zero-order valence-electron chi connectivity index (χ0n) is 14.7. The maximum atomic E-state index is 13.0. The molecule has 1 aliphatic heterocycles. The van der Waals surface area contributed by atoms with E-state index in [1.54, 1.807) is 0 Å². The third kappa shape index (κ3) is 3.90. The number of benzene rings is 1. The number of aromatic nitrogens is 3. The van der Waals surface area contributed by atoms with Gasteiger partial charge in [-0.1, -0.05) is 30.3 Å². The molecule has 0 unspecified atom stereocenters. The van der Waals surface area contributed by atoms with Crippen LogP contribution in [0.2, 0.25) is 0 Å². The zero-order valence-corrected chi connectivity index (χ0v) is 14.7. The number of nitrogens with zero attached hydrogens (tertiary/aromatic N) is 5. The van der Waals surface area contributed by atoms with Crippen molar-refractivity contribution in [3.63, 3.8) is 0 Å². The van der Waals surface area contributed by atoms with Gasteiger partial charge in [-0.05, 0) is 12.0 Å². The number of imidazole rings is 1. The Morgan fingerprint density at radius 2 is 1.74 bits per heavy atom. The van der Waals surface area contributed by atoms with Crippen LogP contribution in [0.3, 0.4) is 0 Å².